The van der Waals surface area contributed by atoms with Gasteiger partial charge in [-0.25, -0.2) is 0 Å². The molecule has 0 radical (unpaired) electrons. The van der Waals surface area contributed by atoms with E-state index < -0.39 is 0 Å². The summed E-state index contributed by atoms with van der Waals surface area (Å²) in [6.07, 6.45) is 34.8. The van der Waals surface area contributed by atoms with Crippen LogP contribution >= 0.6 is 0 Å². The molecule has 4 nitrogen and oxygen atoms in total. The zero-order valence-corrected chi connectivity index (χ0v) is 28.0. The second kappa shape index (κ2) is 28.0. The Hall–Kier alpha value is -1.84. The first-order chi connectivity index (χ1) is 20.6. The smallest absolute Gasteiger partial charge is 0.227 e. The Labute approximate surface area is 261 Å². The third kappa shape index (κ3) is 22.7. The molecule has 1 rings (SSSR count). The lowest BCUT2D eigenvalue weighted by Crippen LogP contribution is -2.23. The van der Waals surface area contributed by atoms with Gasteiger partial charge in [0.2, 0.25) is 5.91 Å². The SMILES string of the molecule is CCCCCCCCCCCCCCC(CCCCCCCCCCCCCC)C(=O)Nc1ccc(CC(=N)N)cc1. The van der Waals surface area contributed by atoms with Crippen molar-refractivity contribution in [2.45, 2.75) is 187 Å². The van der Waals surface area contributed by atoms with Gasteiger partial charge in [0.1, 0.15) is 0 Å². The number of benzene rings is 1. The maximum absolute atomic E-state index is 13.3. The van der Waals surface area contributed by atoms with Crippen LogP contribution in [0.15, 0.2) is 24.3 Å². The number of nitrogens with two attached hydrogens (primary N) is 1. The van der Waals surface area contributed by atoms with E-state index in [0.29, 0.717) is 6.42 Å². The van der Waals surface area contributed by atoms with Crippen LogP contribution in [0.3, 0.4) is 0 Å². The van der Waals surface area contributed by atoms with E-state index in [4.69, 9.17) is 11.1 Å². The van der Waals surface area contributed by atoms with Crippen LogP contribution < -0.4 is 11.1 Å². The van der Waals surface area contributed by atoms with E-state index in [1.54, 1.807) is 0 Å². The van der Waals surface area contributed by atoms with Gasteiger partial charge in [0.05, 0.1) is 5.84 Å². The lowest BCUT2D eigenvalue weighted by atomic mass is 9.93. The molecule has 0 aromatic heterocycles. The number of nitrogens with one attached hydrogen (secondary N) is 2. The molecule has 0 unspecified atom stereocenters. The number of hydrogen-bond donors (Lipinski definition) is 3. The summed E-state index contributed by atoms with van der Waals surface area (Å²) in [5, 5.41) is 10.7. The van der Waals surface area contributed by atoms with E-state index >= 15 is 0 Å². The van der Waals surface area contributed by atoms with Crippen molar-refractivity contribution in [3.63, 3.8) is 0 Å². The summed E-state index contributed by atoms with van der Waals surface area (Å²) in [6, 6.07) is 7.81. The van der Waals surface area contributed by atoms with Crippen LogP contribution in [0.5, 0.6) is 0 Å². The molecule has 4 heteroatoms. The monoisotopic (exact) mass is 584 g/mol. The first-order valence-corrected chi connectivity index (χ1v) is 18.3. The van der Waals surface area contributed by atoms with Crippen LogP contribution in [0.1, 0.15) is 186 Å². The molecule has 242 valence electrons. The van der Waals surface area contributed by atoms with Gasteiger partial charge < -0.3 is 11.1 Å². The summed E-state index contributed by atoms with van der Waals surface area (Å²) < 4.78 is 0. The lowest BCUT2D eigenvalue weighted by Gasteiger charge is -2.17. The largest absolute Gasteiger partial charge is 0.387 e. The maximum Gasteiger partial charge on any atom is 0.227 e. The van der Waals surface area contributed by atoms with Crippen LogP contribution in [-0.4, -0.2) is 11.7 Å². The van der Waals surface area contributed by atoms with Crippen LogP contribution in [-0.2, 0) is 11.2 Å². The molecular weight excluding hydrogens is 514 g/mol. The van der Waals surface area contributed by atoms with Crippen molar-refractivity contribution in [3.8, 4) is 0 Å². The standard InChI is InChI=1S/C38H69N3O/c1-3-5-7-9-11-13-15-17-19-21-23-25-27-35(28-26-24-22-20-18-16-14-12-10-8-6-4-2)38(42)41-36-31-29-34(30-32-36)33-37(39)40/h29-32,35H,3-28,33H2,1-2H3,(H3,39,40)(H,41,42). The second-order valence-electron chi connectivity index (χ2n) is 12.9. The Bertz CT molecular complexity index is 732. The summed E-state index contributed by atoms with van der Waals surface area (Å²) in [5.74, 6) is 0.449. The number of anilines is 1. The predicted octanol–water partition coefficient (Wildman–Crippen LogP) is 11.9. The minimum absolute atomic E-state index is 0.105. The molecule has 0 saturated heterocycles. The second-order valence-corrected chi connectivity index (χ2v) is 12.9. The normalized spacial score (nSPS) is 11.3. The highest BCUT2D eigenvalue weighted by atomic mass is 16.1. The van der Waals surface area contributed by atoms with Gasteiger partial charge >= 0.3 is 0 Å². The number of hydrogen-bond acceptors (Lipinski definition) is 2. The van der Waals surface area contributed by atoms with Crippen molar-refractivity contribution < 1.29 is 4.79 Å². The molecule has 42 heavy (non-hydrogen) atoms. The fourth-order valence-electron chi connectivity index (χ4n) is 6.04. The molecule has 0 heterocycles. The predicted molar refractivity (Wildman–Crippen MR) is 186 cm³/mol. The minimum Gasteiger partial charge on any atom is -0.387 e. The van der Waals surface area contributed by atoms with Gasteiger partial charge in [0.15, 0.2) is 0 Å². The van der Waals surface area contributed by atoms with Gasteiger partial charge in [-0.3, -0.25) is 10.2 Å². The topological polar surface area (TPSA) is 79.0 Å². The van der Waals surface area contributed by atoms with Crippen LogP contribution in [0.25, 0.3) is 0 Å². The lowest BCUT2D eigenvalue weighted by molar-refractivity contribution is -0.120. The molecule has 0 aliphatic heterocycles. The maximum atomic E-state index is 13.3. The molecule has 1 aromatic carbocycles. The van der Waals surface area contributed by atoms with Gasteiger partial charge in [-0.2, -0.15) is 0 Å². The summed E-state index contributed by atoms with van der Waals surface area (Å²) in [4.78, 5) is 13.3. The number of carbonyl (C=O) groups is 1. The number of carbonyl (C=O) groups excluding carboxylic acids is 1. The van der Waals surface area contributed by atoms with Crippen LogP contribution in [0, 0.1) is 11.3 Å². The van der Waals surface area contributed by atoms with Gasteiger partial charge in [0.25, 0.3) is 0 Å². The number of amidine groups is 1. The fourth-order valence-corrected chi connectivity index (χ4v) is 6.04. The van der Waals surface area contributed by atoms with E-state index in [1.807, 2.05) is 24.3 Å². The minimum atomic E-state index is 0.105. The highest BCUT2D eigenvalue weighted by molar-refractivity contribution is 5.92. The van der Waals surface area contributed by atoms with Gasteiger partial charge in [-0.15, -0.1) is 0 Å². The van der Waals surface area contributed by atoms with Crippen molar-refractivity contribution in [3.05, 3.63) is 29.8 Å². The van der Waals surface area contributed by atoms with E-state index in [-0.39, 0.29) is 17.7 Å². The molecule has 0 bridgehead atoms. The van der Waals surface area contributed by atoms with Crippen molar-refractivity contribution in [2.24, 2.45) is 11.7 Å². The highest BCUT2D eigenvalue weighted by Gasteiger charge is 2.18. The molecule has 0 fully saturated rings. The Morgan fingerprint density at radius 3 is 1.26 bits per heavy atom. The molecule has 1 amide bonds. The molecule has 1 aromatic rings. The van der Waals surface area contributed by atoms with E-state index in [9.17, 15) is 4.79 Å². The number of unbranched alkanes of at least 4 members (excludes halogenated alkanes) is 22. The Morgan fingerprint density at radius 1 is 0.595 bits per heavy atom. The third-order valence-corrected chi connectivity index (χ3v) is 8.80. The summed E-state index contributed by atoms with van der Waals surface area (Å²) >= 11 is 0. The molecule has 0 saturated carbocycles. The molecule has 0 atom stereocenters. The Morgan fingerprint density at radius 2 is 0.929 bits per heavy atom. The summed E-state index contributed by atoms with van der Waals surface area (Å²) in [6.45, 7) is 4.57. The van der Waals surface area contributed by atoms with Crippen molar-refractivity contribution in [2.75, 3.05) is 5.32 Å². The van der Waals surface area contributed by atoms with Crippen molar-refractivity contribution >= 4 is 17.4 Å². The average molecular weight is 584 g/mol. The summed E-state index contributed by atoms with van der Waals surface area (Å²) in [5.41, 5.74) is 7.39. The molecule has 4 N–H and O–H groups in total. The first-order valence-electron chi connectivity index (χ1n) is 18.3. The van der Waals surface area contributed by atoms with Crippen LogP contribution in [0.4, 0.5) is 5.69 Å². The molecule has 0 aliphatic carbocycles. The molecule has 0 spiro atoms. The Kier molecular flexibility index (Phi) is 25.4. The zero-order valence-electron chi connectivity index (χ0n) is 28.0. The first kappa shape index (κ1) is 38.2. The zero-order chi connectivity index (χ0) is 30.5. The quantitative estimate of drug-likeness (QED) is 0.0478. The molecular formula is C38H69N3O. The van der Waals surface area contributed by atoms with Gasteiger partial charge in [0, 0.05) is 18.0 Å². The van der Waals surface area contributed by atoms with Crippen LogP contribution in [0.2, 0.25) is 0 Å². The summed E-state index contributed by atoms with van der Waals surface area (Å²) in [7, 11) is 0. The molecule has 0 aliphatic rings. The van der Waals surface area contributed by atoms with Crippen molar-refractivity contribution in [1.82, 2.24) is 0 Å². The highest BCUT2D eigenvalue weighted by Crippen LogP contribution is 2.22. The van der Waals surface area contributed by atoms with Gasteiger partial charge in [-0.05, 0) is 30.5 Å². The average Bonchev–Trinajstić information content (AvgIpc) is 2.97. The number of amides is 1. The fraction of sp³-hybridized carbons (Fsp3) is 0.789. The van der Waals surface area contributed by atoms with Crippen molar-refractivity contribution in [1.29, 1.82) is 5.41 Å². The number of rotatable bonds is 30. The third-order valence-electron chi connectivity index (χ3n) is 8.80. The van der Waals surface area contributed by atoms with E-state index in [0.717, 1.165) is 36.9 Å². The Balaban J connectivity index is 2.32. The van der Waals surface area contributed by atoms with Gasteiger partial charge in [-0.1, -0.05) is 180 Å². The van der Waals surface area contributed by atoms with E-state index in [2.05, 4.69) is 19.2 Å². The van der Waals surface area contributed by atoms with E-state index in [1.165, 1.54) is 141 Å².